The lowest BCUT2D eigenvalue weighted by molar-refractivity contribution is 0.612. The SMILES string of the molecule is CC(C)n1cnc2c(NCc3cccc(I)c3)nc(Cl)nc21. The smallest absolute Gasteiger partial charge is 0.226 e. The van der Waals surface area contributed by atoms with Gasteiger partial charge in [0, 0.05) is 16.2 Å². The second-order valence-electron chi connectivity index (χ2n) is 5.24. The molecule has 1 aromatic carbocycles. The van der Waals surface area contributed by atoms with Crippen LogP contribution in [0.1, 0.15) is 25.5 Å². The zero-order valence-electron chi connectivity index (χ0n) is 12.2. The Labute approximate surface area is 147 Å². The molecule has 0 atom stereocenters. The van der Waals surface area contributed by atoms with Crippen LogP contribution < -0.4 is 5.32 Å². The Morgan fingerprint density at radius 1 is 1.32 bits per heavy atom. The molecule has 0 saturated carbocycles. The van der Waals surface area contributed by atoms with E-state index in [1.54, 1.807) is 6.33 Å². The number of benzene rings is 1. The molecule has 0 radical (unpaired) electrons. The first-order valence-electron chi connectivity index (χ1n) is 6.93. The van der Waals surface area contributed by atoms with E-state index in [1.165, 1.54) is 9.13 Å². The number of nitrogens with zero attached hydrogens (tertiary/aromatic N) is 4. The zero-order chi connectivity index (χ0) is 15.7. The van der Waals surface area contributed by atoms with Gasteiger partial charge in [-0.05, 0) is 65.7 Å². The molecule has 0 unspecified atom stereocenters. The number of rotatable bonds is 4. The first-order chi connectivity index (χ1) is 10.5. The minimum Gasteiger partial charge on any atom is -0.364 e. The first kappa shape index (κ1) is 15.5. The fraction of sp³-hybridized carbons (Fsp3) is 0.267. The number of fused-ring (bicyclic) bond motifs is 1. The van der Waals surface area contributed by atoms with Crippen LogP contribution in [0.3, 0.4) is 0 Å². The molecule has 22 heavy (non-hydrogen) atoms. The van der Waals surface area contributed by atoms with Gasteiger partial charge in [0.15, 0.2) is 17.0 Å². The van der Waals surface area contributed by atoms with Crippen molar-refractivity contribution in [3.05, 3.63) is 45.0 Å². The van der Waals surface area contributed by atoms with Crippen LogP contribution in [-0.4, -0.2) is 19.5 Å². The molecule has 0 bridgehead atoms. The molecular weight excluding hydrogens is 413 g/mol. The van der Waals surface area contributed by atoms with Crippen LogP contribution in [0.4, 0.5) is 5.82 Å². The average molecular weight is 428 g/mol. The predicted molar refractivity (Wildman–Crippen MR) is 97.2 cm³/mol. The number of halogens is 2. The van der Waals surface area contributed by atoms with E-state index in [2.05, 4.69) is 74.9 Å². The van der Waals surface area contributed by atoms with Crippen molar-refractivity contribution in [3.8, 4) is 0 Å². The zero-order valence-corrected chi connectivity index (χ0v) is 15.1. The Balaban J connectivity index is 1.93. The van der Waals surface area contributed by atoms with Gasteiger partial charge in [-0.15, -0.1) is 0 Å². The van der Waals surface area contributed by atoms with Gasteiger partial charge in [0.25, 0.3) is 0 Å². The monoisotopic (exact) mass is 427 g/mol. The van der Waals surface area contributed by atoms with Crippen LogP contribution in [0.5, 0.6) is 0 Å². The molecule has 5 nitrogen and oxygen atoms in total. The number of imidazole rings is 1. The quantitative estimate of drug-likeness (QED) is 0.499. The van der Waals surface area contributed by atoms with E-state index >= 15 is 0 Å². The molecule has 0 fully saturated rings. The van der Waals surface area contributed by atoms with E-state index in [1.807, 2.05) is 10.6 Å². The predicted octanol–water partition coefficient (Wildman–Crippen LogP) is 4.28. The highest BCUT2D eigenvalue weighted by Crippen LogP contribution is 2.23. The summed E-state index contributed by atoms with van der Waals surface area (Å²) < 4.78 is 3.19. The van der Waals surface area contributed by atoms with Crippen LogP contribution in [0, 0.1) is 3.57 Å². The number of nitrogens with one attached hydrogen (secondary N) is 1. The van der Waals surface area contributed by atoms with E-state index in [0.717, 1.165) is 11.2 Å². The van der Waals surface area contributed by atoms with Crippen molar-refractivity contribution in [2.45, 2.75) is 26.4 Å². The van der Waals surface area contributed by atoms with E-state index in [-0.39, 0.29) is 11.3 Å². The maximum absolute atomic E-state index is 6.06. The molecule has 0 spiro atoms. The largest absolute Gasteiger partial charge is 0.364 e. The summed E-state index contributed by atoms with van der Waals surface area (Å²) in [5.74, 6) is 0.660. The third-order valence-corrected chi connectivity index (χ3v) is 4.14. The molecular formula is C15H15ClIN5. The van der Waals surface area contributed by atoms with Crippen LogP contribution >= 0.6 is 34.2 Å². The molecule has 0 aliphatic heterocycles. The fourth-order valence-corrected chi connectivity index (χ4v) is 3.00. The Morgan fingerprint density at radius 3 is 2.86 bits per heavy atom. The third kappa shape index (κ3) is 3.17. The lowest BCUT2D eigenvalue weighted by Crippen LogP contribution is -2.05. The maximum Gasteiger partial charge on any atom is 0.226 e. The molecule has 0 amide bonds. The van der Waals surface area contributed by atoms with Crippen molar-refractivity contribution in [3.63, 3.8) is 0 Å². The lowest BCUT2D eigenvalue weighted by Gasteiger charge is -2.09. The molecule has 0 aliphatic carbocycles. The average Bonchev–Trinajstić information content (AvgIpc) is 2.88. The van der Waals surface area contributed by atoms with Gasteiger partial charge in [0.1, 0.15) is 0 Å². The van der Waals surface area contributed by atoms with Crippen molar-refractivity contribution in [1.82, 2.24) is 19.5 Å². The van der Waals surface area contributed by atoms with Crippen LogP contribution in [0.25, 0.3) is 11.2 Å². The number of aromatic nitrogens is 4. The maximum atomic E-state index is 6.06. The molecule has 1 N–H and O–H groups in total. The normalized spacial score (nSPS) is 11.3. The molecule has 3 aromatic rings. The lowest BCUT2D eigenvalue weighted by atomic mass is 10.2. The minimum absolute atomic E-state index is 0.222. The van der Waals surface area contributed by atoms with Crippen LogP contribution in [-0.2, 0) is 6.54 Å². The van der Waals surface area contributed by atoms with Gasteiger partial charge in [-0.25, -0.2) is 4.98 Å². The van der Waals surface area contributed by atoms with Gasteiger partial charge < -0.3 is 9.88 Å². The molecule has 3 rings (SSSR count). The van der Waals surface area contributed by atoms with Gasteiger partial charge in [-0.2, -0.15) is 9.97 Å². The Morgan fingerprint density at radius 2 is 2.14 bits per heavy atom. The van der Waals surface area contributed by atoms with Crippen LogP contribution in [0.2, 0.25) is 5.28 Å². The van der Waals surface area contributed by atoms with E-state index in [0.29, 0.717) is 12.4 Å². The fourth-order valence-electron chi connectivity index (χ4n) is 2.22. The third-order valence-electron chi connectivity index (χ3n) is 3.30. The summed E-state index contributed by atoms with van der Waals surface area (Å²) in [6.07, 6.45) is 1.77. The molecule has 7 heteroatoms. The first-order valence-corrected chi connectivity index (χ1v) is 8.38. The summed E-state index contributed by atoms with van der Waals surface area (Å²) >= 11 is 8.36. The second kappa shape index (κ2) is 6.37. The Kier molecular flexibility index (Phi) is 4.49. The van der Waals surface area contributed by atoms with Crippen molar-refractivity contribution < 1.29 is 0 Å². The topological polar surface area (TPSA) is 55.6 Å². The minimum atomic E-state index is 0.222. The standard InChI is InChI=1S/C15H15ClIN5/c1-9(2)22-8-19-12-13(20-15(16)21-14(12)22)18-7-10-4-3-5-11(17)6-10/h3-6,8-9H,7H2,1-2H3,(H,18,20,21). The van der Waals surface area contributed by atoms with Gasteiger partial charge in [-0.1, -0.05) is 12.1 Å². The van der Waals surface area contributed by atoms with E-state index < -0.39 is 0 Å². The molecule has 0 saturated heterocycles. The van der Waals surface area contributed by atoms with Crippen molar-refractivity contribution >= 4 is 51.2 Å². The summed E-state index contributed by atoms with van der Waals surface area (Å²) in [7, 11) is 0. The Bertz CT molecular complexity index is 815. The highest BCUT2D eigenvalue weighted by Gasteiger charge is 2.13. The summed E-state index contributed by atoms with van der Waals surface area (Å²) in [6, 6.07) is 8.56. The number of hydrogen-bond donors (Lipinski definition) is 1. The molecule has 2 heterocycles. The van der Waals surface area contributed by atoms with Crippen molar-refractivity contribution in [2.75, 3.05) is 5.32 Å². The number of anilines is 1. The number of hydrogen-bond acceptors (Lipinski definition) is 4. The van der Waals surface area contributed by atoms with Crippen molar-refractivity contribution in [1.29, 1.82) is 0 Å². The summed E-state index contributed by atoms with van der Waals surface area (Å²) in [4.78, 5) is 13.0. The van der Waals surface area contributed by atoms with Gasteiger partial charge >= 0.3 is 0 Å². The molecule has 0 aliphatic rings. The van der Waals surface area contributed by atoms with Gasteiger partial charge in [-0.3, -0.25) is 0 Å². The second-order valence-corrected chi connectivity index (χ2v) is 6.83. The van der Waals surface area contributed by atoms with Crippen molar-refractivity contribution in [2.24, 2.45) is 0 Å². The molecule has 114 valence electrons. The van der Waals surface area contributed by atoms with Gasteiger partial charge in [0.05, 0.1) is 6.33 Å². The highest BCUT2D eigenvalue weighted by molar-refractivity contribution is 14.1. The summed E-state index contributed by atoms with van der Waals surface area (Å²) in [5.41, 5.74) is 2.67. The summed E-state index contributed by atoms with van der Waals surface area (Å²) in [6.45, 7) is 4.82. The Hall–Kier alpha value is -1.41. The molecule has 2 aromatic heterocycles. The van der Waals surface area contributed by atoms with E-state index in [9.17, 15) is 0 Å². The summed E-state index contributed by atoms with van der Waals surface area (Å²) in [5, 5.41) is 3.53. The van der Waals surface area contributed by atoms with Crippen LogP contribution in [0.15, 0.2) is 30.6 Å². The van der Waals surface area contributed by atoms with Gasteiger partial charge in [0.2, 0.25) is 5.28 Å². The highest BCUT2D eigenvalue weighted by atomic mass is 127. The van der Waals surface area contributed by atoms with E-state index in [4.69, 9.17) is 11.6 Å².